The molecule has 2 aliphatic rings. The summed E-state index contributed by atoms with van der Waals surface area (Å²) in [6.45, 7) is 9.48. The van der Waals surface area contributed by atoms with Crippen LogP contribution in [0.25, 0.3) is 33.4 Å². The van der Waals surface area contributed by atoms with Gasteiger partial charge in [0.1, 0.15) is 0 Å². The zero-order valence-corrected chi connectivity index (χ0v) is 22.4. The molecule has 0 N–H and O–H groups in total. The van der Waals surface area contributed by atoms with Crippen molar-refractivity contribution in [3.63, 3.8) is 0 Å². The second-order valence-corrected chi connectivity index (χ2v) is 12.3. The lowest BCUT2D eigenvalue weighted by atomic mass is 9.79. The van der Waals surface area contributed by atoms with E-state index in [-0.39, 0.29) is 10.8 Å². The molecular formula is C30H24BrI. The van der Waals surface area contributed by atoms with Crippen LogP contribution in [0.2, 0.25) is 0 Å². The van der Waals surface area contributed by atoms with Crippen molar-refractivity contribution in [3.05, 3.63) is 103 Å². The van der Waals surface area contributed by atoms with Gasteiger partial charge in [-0.3, -0.25) is 0 Å². The van der Waals surface area contributed by atoms with Gasteiger partial charge in [-0.25, -0.2) is 0 Å². The SMILES string of the molecule is CC1(C)c2cc(Br)ccc2-c2cc3c(cc21)-c1ccc(-c2ccc(I)cc2)cc1C3(C)C. The molecular weight excluding hydrogens is 567 g/mol. The van der Waals surface area contributed by atoms with E-state index in [1.54, 1.807) is 0 Å². The van der Waals surface area contributed by atoms with Crippen molar-refractivity contribution in [2.45, 2.75) is 38.5 Å². The third-order valence-electron chi connectivity index (χ3n) is 7.61. The normalized spacial score (nSPS) is 16.3. The van der Waals surface area contributed by atoms with Crippen molar-refractivity contribution in [2.24, 2.45) is 0 Å². The molecule has 0 aromatic heterocycles. The molecule has 0 aliphatic heterocycles. The van der Waals surface area contributed by atoms with E-state index in [0.29, 0.717) is 0 Å². The molecule has 158 valence electrons. The van der Waals surface area contributed by atoms with Crippen LogP contribution >= 0.6 is 38.5 Å². The second-order valence-electron chi connectivity index (χ2n) is 10.2. The highest BCUT2D eigenvalue weighted by atomic mass is 127. The first-order valence-electron chi connectivity index (χ1n) is 11.1. The van der Waals surface area contributed by atoms with Crippen LogP contribution in [0.4, 0.5) is 0 Å². The Labute approximate surface area is 212 Å². The third kappa shape index (κ3) is 2.78. The fourth-order valence-corrected chi connectivity index (χ4v) is 6.48. The zero-order chi connectivity index (χ0) is 22.4. The molecule has 0 nitrogen and oxygen atoms in total. The summed E-state index contributed by atoms with van der Waals surface area (Å²) in [7, 11) is 0. The van der Waals surface area contributed by atoms with Crippen molar-refractivity contribution in [1.82, 2.24) is 0 Å². The van der Waals surface area contributed by atoms with Gasteiger partial charge in [-0.2, -0.15) is 0 Å². The number of benzene rings is 4. The average Bonchev–Trinajstić information content (AvgIpc) is 3.12. The summed E-state index contributed by atoms with van der Waals surface area (Å²) in [4.78, 5) is 0. The fraction of sp³-hybridized carbons (Fsp3) is 0.200. The molecule has 0 atom stereocenters. The molecule has 0 amide bonds. The van der Waals surface area contributed by atoms with E-state index in [9.17, 15) is 0 Å². The van der Waals surface area contributed by atoms with E-state index in [1.165, 1.54) is 59.2 Å². The van der Waals surface area contributed by atoms with Gasteiger partial charge in [0.2, 0.25) is 0 Å². The van der Waals surface area contributed by atoms with Crippen LogP contribution in [0, 0.1) is 3.57 Å². The van der Waals surface area contributed by atoms with Gasteiger partial charge in [-0.1, -0.05) is 74.0 Å². The first kappa shape index (κ1) is 20.7. The van der Waals surface area contributed by atoms with Crippen molar-refractivity contribution >= 4 is 38.5 Å². The molecule has 32 heavy (non-hydrogen) atoms. The maximum atomic E-state index is 3.68. The van der Waals surface area contributed by atoms with Crippen molar-refractivity contribution in [2.75, 3.05) is 0 Å². The predicted molar refractivity (Wildman–Crippen MR) is 147 cm³/mol. The van der Waals surface area contributed by atoms with Gasteiger partial charge in [0.25, 0.3) is 0 Å². The molecule has 2 aliphatic carbocycles. The second kappa shape index (κ2) is 6.80. The van der Waals surface area contributed by atoms with Gasteiger partial charge in [0.15, 0.2) is 0 Å². The van der Waals surface area contributed by atoms with Crippen molar-refractivity contribution in [3.8, 4) is 33.4 Å². The molecule has 4 aromatic carbocycles. The third-order valence-corrected chi connectivity index (χ3v) is 8.82. The molecule has 0 heterocycles. The molecule has 6 rings (SSSR count). The topological polar surface area (TPSA) is 0 Å². The van der Waals surface area contributed by atoms with Crippen LogP contribution in [0.1, 0.15) is 49.9 Å². The van der Waals surface area contributed by atoms with Gasteiger partial charge in [-0.05, 0) is 121 Å². The quantitative estimate of drug-likeness (QED) is 0.194. The Morgan fingerprint density at radius 1 is 0.531 bits per heavy atom. The molecule has 0 spiro atoms. The van der Waals surface area contributed by atoms with Crippen LogP contribution in [-0.4, -0.2) is 0 Å². The smallest absolute Gasteiger partial charge is 0.0178 e. The number of rotatable bonds is 1. The Kier molecular flexibility index (Phi) is 4.40. The fourth-order valence-electron chi connectivity index (χ4n) is 5.76. The molecule has 2 heteroatoms. The van der Waals surface area contributed by atoms with E-state index in [0.717, 1.165) is 4.47 Å². The summed E-state index contributed by atoms with van der Waals surface area (Å²) in [5.74, 6) is 0. The molecule has 0 saturated heterocycles. The van der Waals surface area contributed by atoms with E-state index >= 15 is 0 Å². The zero-order valence-electron chi connectivity index (χ0n) is 18.7. The number of halogens is 2. The Morgan fingerprint density at radius 3 is 1.59 bits per heavy atom. The van der Waals surface area contributed by atoms with Crippen molar-refractivity contribution in [1.29, 1.82) is 0 Å². The van der Waals surface area contributed by atoms with Gasteiger partial charge in [-0.15, -0.1) is 0 Å². The standard InChI is InChI=1S/C30H24BrI/c1-29(2)25-13-18(17-5-9-20(32)10-6-17)7-11-21(25)23-15-28-24(16-27(23)29)22-12-8-19(31)14-26(22)30(28,3)4/h5-16H,1-4H3. The van der Waals surface area contributed by atoms with E-state index in [1.807, 2.05) is 0 Å². The number of hydrogen-bond acceptors (Lipinski definition) is 0. The summed E-state index contributed by atoms with van der Waals surface area (Å²) in [5, 5.41) is 0. The van der Waals surface area contributed by atoms with E-state index < -0.39 is 0 Å². The minimum Gasteiger partial charge on any atom is -0.0537 e. The van der Waals surface area contributed by atoms with Crippen molar-refractivity contribution < 1.29 is 0 Å². The van der Waals surface area contributed by atoms with E-state index in [4.69, 9.17) is 0 Å². The Hall–Kier alpha value is -1.91. The minimum atomic E-state index is -0.0266. The summed E-state index contributed by atoms with van der Waals surface area (Å²) in [6.07, 6.45) is 0. The summed E-state index contributed by atoms with van der Waals surface area (Å²) < 4.78 is 2.42. The Balaban J connectivity index is 1.55. The highest BCUT2D eigenvalue weighted by Gasteiger charge is 2.41. The van der Waals surface area contributed by atoms with Crippen LogP contribution in [0.15, 0.2) is 77.3 Å². The van der Waals surface area contributed by atoms with Gasteiger partial charge in [0, 0.05) is 18.9 Å². The largest absolute Gasteiger partial charge is 0.0537 e. The monoisotopic (exact) mass is 590 g/mol. The predicted octanol–water partition coefficient (Wildman–Crippen LogP) is 9.33. The molecule has 0 saturated carbocycles. The van der Waals surface area contributed by atoms with Crippen LogP contribution < -0.4 is 0 Å². The summed E-state index contributed by atoms with van der Waals surface area (Å²) in [6, 6.07) is 27.6. The highest BCUT2D eigenvalue weighted by molar-refractivity contribution is 14.1. The average molecular weight is 591 g/mol. The van der Waals surface area contributed by atoms with Crippen LogP contribution in [0.3, 0.4) is 0 Å². The maximum absolute atomic E-state index is 3.68. The van der Waals surface area contributed by atoms with Gasteiger partial charge < -0.3 is 0 Å². The molecule has 4 aromatic rings. The lowest BCUT2D eigenvalue weighted by Gasteiger charge is -2.24. The van der Waals surface area contributed by atoms with E-state index in [2.05, 4.69) is 139 Å². The minimum absolute atomic E-state index is 0.00248. The first-order chi connectivity index (χ1) is 15.2. The molecule has 0 radical (unpaired) electrons. The molecule has 0 bridgehead atoms. The first-order valence-corrected chi connectivity index (χ1v) is 13.0. The Morgan fingerprint density at radius 2 is 1.00 bits per heavy atom. The number of hydrogen-bond donors (Lipinski definition) is 0. The molecule has 0 fully saturated rings. The molecule has 0 unspecified atom stereocenters. The maximum Gasteiger partial charge on any atom is 0.0178 e. The number of fused-ring (bicyclic) bond motifs is 6. The van der Waals surface area contributed by atoms with Crippen LogP contribution in [-0.2, 0) is 10.8 Å². The lowest BCUT2D eigenvalue weighted by molar-refractivity contribution is 0.652. The Bertz CT molecular complexity index is 1420. The summed E-state index contributed by atoms with van der Waals surface area (Å²) >= 11 is 6.05. The van der Waals surface area contributed by atoms with Crippen LogP contribution in [0.5, 0.6) is 0 Å². The van der Waals surface area contributed by atoms with Gasteiger partial charge >= 0.3 is 0 Å². The lowest BCUT2D eigenvalue weighted by Crippen LogP contribution is -2.17. The van der Waals surface area contributed by atoms with Gasteiger partial charge in [0.05, 0.1) is 0 Å². The summed E-state index contributed by atoms with van der Waals surface area (Å²) in [5.41, 5.74) is 13.8. The highest BCUT2D eigenvalue weighted by Crippen LogP contribution is 2.56.